The molecule has 1 aromatic heterocycles. The van der Waals surface area contributed by atoms with E-state index in [2.05, 4.69) is 55.5 Å². The van der Waals surface area contributed by atoms with Crippen LogP contribution in [0.5, 0.6) is 0 Å². The van der Waals surface area contributed by atoms with Crippen LogP contribution in [0.3, 0.4) is 0 Å². The number of rotatable bonds is 35. The van der Waals surface area contributed by atoms with Crippen LogP contribution in [0.25, 0.3) is 0 Å². The fourth-order valence-corrected chi connectivity index (χ4v) is 13.4. The van der Waals surface area contributed by atoms with E-state index in [-0.39, 0.29) is 54.6 Å². The highest BCUT2D eigenvalue weighted by Gasteiger charge is 2.45. The maximum absolute atomic E-state index is 15.1. The molecule has 26 heteroatoms. The molecule has 9 N–H and O–H groups in total. The van der Waals surface area contributed by atoms with E-state index in [1.807, 2.05) is 45.3 Å². The molecule has 2 aliphatic rings. The molecule has 0 spiro atoms. The largest absolute Gasteiger partial charge is 0.431 e. The Balaban J connectivity index is 1.32. The van der Waals surface area contributed by atoms with Gasteiger partial charge in [0.15, 0.2) is 0 Å². The quantitative estimate of drug-likeness (QED) is 0.0331. The van der Waals surface area contributed by atoms with Gasteiger partial charge in [0.05, 0.1) is 48.7 Å². The van der Waals surface area contributed by atoms with Crippen molar-refractivity contribution in [3.05, 3.63) is 81.8 Å². The predicted molar refractivity (Wildman–Crippen MR) is 366 cm³/mol. The number of carbonyl (C=O) groups excluding carboxylic acids is 9. The number of likely N-dealkylation sites (N-methyl/N-ethyl adjacent to an activating group) is 3. The van der Waals surface area contributed by atoms with Gasteiger partial charge < -0.3 is 71.9 Å². The molecule has 0 saturated carbocycles. The van der Waals surface area contributed by atoms with E-state index in [9.17, 15) is 38.4 Å². The lowest BCUT2D eigenvalue weighted by atomic mass is 9.89. The van der Waals surface area contributed by atoms with Crippen LogP contribution in [0, 0.1) is 29.6 Å². The fourth-order valence-electron chi connectivity index (χ4n) is 12.7. The number of methoxy groups -OCH3 is 2. The summed E-state index contributed by atoms with van der Waals surface area (Å²) in [6, 6.07) is 8.02. The van der Waals surface area contributed by atoms with Crippen LogP contribution in [0.15, 0.2) is 60.1 Å². The summed E-state index contributed by atoms with van der Waals surface area (Å²) in [6.45, 7) is 21.1. The number of thiazole rings is 1. The van der Waals surface area contributed by atoms with E-state index in [0.717, 1.165) is 28.3 Å². The lowest BCUT2D eigenvalue weighted by Crippen LogP contribution is -2.60. The molecule has 2 fully saturated rings. The number of carbonyl (C=O) groups is 9. The number of nitrogens with one attached hydrogen (secondary N) is 5. The Kier molecular flexibility index (Phi) is 31.3. The second kappa shape index (κ2) is 37.9. The minimum atomic E-state index is -1.49. The van der Waals surface area contributed by atoms with Crippen LogP contribution in [0.4, 0.5) is 15.3 Å². The Morgan fingerprint density at radius 1 is 0.768 bits per heavy atom. The van der Waals surface area contributed by atoms with Gasteiger partial charge in [-0.1, -0.05) is 118 Å². The third-order valence-corrected chi connectivity index (χ3v) is 19.5. The van der Waals surface area contributed by atoms with E-state index in [1.165, 1.54) is 43.2 Å². The van der Waals surface area contributed by atoms with Crippen molar-refractivity contribution in [2.75, 3.05) is 79.9 Å². The highest BCUT2D eigenvalue weighted by Crippen LogP contribution is 2.32. The number of urea groups is 1. The molecule has 528 valence electrons. The summed E-state index contributed by atoms with van der Waals surface area (Å²) in [5.74, 6) is -5.13. The summed E-state index contributed by atoms with van der Waals surface area (Å²) < 4.78 is 18.4. The van der Waals surface area contributed by atoms with Crippen molar-refractivity contribution in [2.24, 2.45) is 41.1 Å². The van der Waals surface area contributed by atoms with E-state index in [4.69, 9.17) is 25.7 Å². The summed E-state index contributed by atoms with van der Waals surface area (Å²) in [5, 5.41) is 17.0. The molecule has 2 saturated heterocycles. The average Bonchev–Trinajstić information content (AvgIpc) is 1.90. The molecule has 0 bridgehead atoms. The van der Waals surface area contributed by atoms with Gasteiger partial charge in [0.1, 0.15) is 23.1 Å². The first-order chi connectivity index (χ1) is 45.1. The van der Waals surface area contributed by atoms with E-state index >= 15 is 4.79 Å². The molecule has 25 nitrogen and oxygen atoms in total. The van der Waals surface area contributed by atoms with Crippen molar-refractivity contribution in [1.29, 1.82) is 0 Å². The van der Waals surface area contributed by atoms with Gasteiger partial charge in [0.25, 0.3) is 5.91 Å². The normalized spacial score (nSPS) is 17.9. The second-order valence-corrected chi connectivity index (χ2v) is 27.5. The van der Waals surface area contributed by atoms with Gasteiger partial charge in [0, 0.05) is 90.4 Å². The highest BCUT2D eigenvalue weighted by atomic mass is 32.1. The Morgan fingerprint density at radius 2 is 1.43 bits per heavy atom. The van der Waals surface area contributed by atoms with E-state index < -0.39 is 114 Å². The third kappa shape index (κ3) is 21.9. The molecule has 5 rings (SSSR count). The van der Waals surface area contributed by atoms with Gasteiger partial charge in [0.2, 0.25) is 41.5 Å². The van der Waals surface area contributed by atoms with Crippen LogP contribution < -0.4 is 38.1 Å². The van der Waals surface area contributed by atoms with Gasteiger partial charge in [-0.2, -0.15) is 0 Å². The first kappa shape index (κ1) is 78.4. The number of aromatic nitrogens is 1. The molecule has 0 aliphatic carbocycles. The van der Waals surface area contributed by atoms with Gasteiger partial charge >= 0.3 is 12.1 Å². The van der Waals surface area contributed by atoms with Crippen molar-refractivity contribution in [3.8, 4) is 0 Å². The number of ether oxygens (including phenoxy) is 3. The predicted octanol–water partition coefficient (Wildman–Crippen LogP) is 6.02. The number of hydrogen-bond donors (Lipinski definition) is 7. The van der Waals surface area contributed by atoms with E-state index in [0.29, 0.717) is 70.5 Å². The lowest BCUT2D eigenvalue weighted by molar-refractivity contribution is -0.148. The fraction of sp³-hybridized carbons (Fsp3) is 0.652. The first-order valence-electron chi connectivity index (χ1n) is 33.7. The molecule has 3 aromatic rings. The highest BCUT2D eigenvalue weighted by molar-refractivity contribution is 7.09. The smallest absolute Gasteiger partial charge is 0.411 e. The molecule has 10 amide bonds. The van der Waals surface area contributed by atoms with Crippen LogP contribution in [0.2, 0.25) is 0 Å². The zero-order chi connectivity index (χ0) is 70.4. The lowest BCUT2D eigenvalue weighted by Gasteiger charge is -2.41. The van der Waals surface area contributed by atoms with Gasteiger partial charge in [-0.15, -0.1) is 11.3 Å². The Morgan fingerprint density at radius 3 is 2.00 bits per heavy atom. The zero-order valence-corrected chi connectivity index (χ0v) is 59.5. The SMILES string of the molecule is CCCc1ccccc1C[C@H](NC(=O)[C@H](C)[C@@H](OC)[C@@H]1CCCN1C(=O)C[C@@H](OC)[C@H]([C@@H](C)CC)N(C)C(=O)[C@@H](NC(=O)[C@H](C(C)C)N(C)C(=O)OC(C(=O)N1CCN(C)CC1)c1ccc(NC(=O)[C@H](CCCNC(N)=O)NC(=O)[C@@H](N)C(C)C)cc1)C(C)C)c1nccs1. The summed E-state index contributed by atoms with van der Waals surface area (Å²) in [5.41, 5.74) is 14.3. The molecule has 95 heavy (non-hydrogen) atoms. The number of nitrogens with zero attached hydrogens (tertiary/aromatic N) is 6. The Bertz CT molecular complexity index is 2980. The zero-order valence-electron chi connectivity index (χ0n) is 58.7. The topological polar surface area (TPSA) is 323 Å². The van der Waals surface area contributed by atoms with Crippen molar-refractivity contribution >= 4 is 70.5 Å². The number of anilines is 1. The number of likely N-dealkylation sites (tertiary alicyclic amines) is 1. The number of amides is 10. The molecule has 1 unspecified atom stereocenters. The van der Waals surface area contributed by atoms with Crippen LogP contribution in [-0.2, 0) is 60.6 Å². The molecule has 2 aromatic carbocycles. The minimum Gasteiger partial charge on any atom is -0.431 e. The maximum atomic E-state index is 15.1. The molecular weight excluding hydrogens is 1230 g/mol. The van der Waals surface area contributed by atoms with Crippen molar-refractivity contribution in [3.63, 3.8) is 0 Å². The number of piperazine rings is 1. The monoisotopic (exact) mass is 1340 g/mol. The van der Waals surface area contributed by atoms with Crippen molar-refractivity contribution in [1.82, 2.24) is 50.8 Å². The van der Waals surface area contributed by atoms with Gasteiger partial charge in [-0.3, -0.25) is 38.5 Å². The van der Waals surface area contributed by atoms with Crippen LogP contribution in [-0.4, -0.2) is 206 Å². The second-order valence-electron chi connectivity index (χ2n) is 26.5. The molecule has 0 radical (unpaired) electrons. The number of nitrogens with two attached hydrogens (primary N) is 2. The first-order valence-corrected chi connectivity index (χ1v) is 34.6. The number of primary amides is 1. The summed E-state index contributed by atoms with van der Waals surface area (Å²) in [7, 11) is 8.07. The minimum absolute atomic E-state index is 0.0873. The molecular formula is C69H109N13O12S. The van der Waals surface area contributed by atoms with Crippen LogP contribution >= 0.6 is 11.3 Å². The van der Waals surface area contributed by atoms with Crippen molar-refractivity contribution in [2.45, 2.75) is 188 Å². The average molecular weight is 1340 g/mol. The van der Waals surface area contributed by atoms with E-state index in [1.54, 1.807) is 88.7 Å². The van der Waals surface area contributed by atoms with Crippen molar-refractivity contribution < 1.29 is 57.4 Å². The Labute approximate surface area is 566 Å². The Hall–Kier alpha value is -7.26. The number of hydrogen-bond acceptors (Lipinski definition) is 16. The number of aryl methyl sites for hydroxylation is 1. The van der Waals surface area contributed by atoms with Gasteiger partial charge in [-0.05, 0) is 92.5 Å². The summed E-state index contributed by atoms with van der Waals surface area (Å²) in [6.07, 6.45) is 2.57. The molecule has 12 atom stereocenters. The summed E-state index contributed by atoms with van der Waals surface area (Å²) in [4.78, 5) is 139. The van der Waals surface area contributed by atoms with Gasteiger partial charge in [-0.25, -0.2) is 14.6 Å². The number of benzene rings is 2. The maximum Gasteiger partial charge on any atom is 0.411 e. The molecule has 2 aliphatic heterocycles. The standard InChI is InChI=1S/C69H109N13O12S/c1-16-22-46-23-18-19-24-48(46)39-51(65-72-32-38-95-65)76-61(84)45(10)59(93-15)52-26-21-33-82(52)54(83)40-53(92-14)58(44(9)17-2)79(12)66(88)56(42(5)6)77-64(87)57(43(7)8)80(13)69(91)94-60(67(89)81-36-34-78(11)35-37-81)47-27-29-49(30-28-47)74-62(85)50(25-20-31-73-68(71)90)75-63(86)55(70)41(3)4/h18-19,23-24,27-30,32,38,41-45,50-53,55-60H,16-17,20-22,25-26,31,33-37,39-40,70H2,1-15H3,(H,74,85)(H,75,86)(H,76,84)(H,77,87)(H3,71,73,90)/t44-,45+,50-,51-,52-,53+,55-,56-,57-,58-,59+,60?/m0/s1. The molecule has 3 heterocycles. The summed E-state index contributed by atoms with van der Waals surface area (Å²) >= 11 is 1.49. The third-order valence-electron chi connectivity index (χ3n) is 18.6. The van der Waals surface area contributed by atoms with Crippen LogP contribution in [0.1, 0.15) is 148 Å².